The Morgan fingerprint density at radius 1 is 1.04 bits per heavy atom. The molecule has 24 heavy (non-hydrogen) atoms. The van der Waals surface area contributed by atoms with E-state index in [9.17, 15) is 9.18 Å². The van der Waals surface area contributed by atoms with Crippen molar-refractivity contribution in [1.29, 1.82) is 0 Å². The smallest absolute Gasteiger partial charge is 0.259 e. The van der Waals surface area contributed by atoms with E-state index in [0.29, 0.717) is 22.3 Å². The first kappa shape index (κ1) is 14.7. The lowest BCUT2D eigenvalue weighted by Crippen LogP contribution is -2.05. The summed E-state index contributed by atoms with van der Waals surface area (Å²) in [6, 6.07) is 15.4. The van der Waals surface area contributed by atoms with Crippen LogP contribution in [0.4, 0.5) is 4.39 Å². The minimum atomic E-state index is -0.403. The number of aromatic nitrogens is 3. The zero-order valence-electron chi connectivity index (χ0n) is 12.4. The van der Waals surface area contributed by atoms with Gasteiger partial charge in [-0.3, -0.25) is 4.79 Å². The number of aromatic amines is 1. The fourth-order valence-corrected chi connectivity index (χ4v) is 2.85. The van der Waals surface area contributed by atoms with Crippen LogP contribution in [0.5, 0.6) is 0 Å². The molecule has 0 aliphatic heterocycles. The molecular formula is C18H12FN3OS. The van der Waals surface area contributed by atoms with E-state index in [-0.39, 0.29) is 5.56 Å². The molecule has 0 saturated carbocycles. The summed E-state index contributed by atoms with van der Waals surface area (Å²) in [5.41, 5.74) is 1.85. The number of H-pyrrole nitrogens is 1. The molecule has 4 nitrogen and oxygen atoms in total. The van der Waals surface area contributed by atoms with Crippen LogP contribution in [0.2, 0.25) is 0 Å². The first-order valence-electron chi connectivity index (χ1n) is 7.30. The Bertz CT molecular complexity index is 1100. The van der Waals surface area contributed by atoms with E-state index in [4.69, 9.17) is 0 Å². The highest BCUT2D eigenvalue weighted by molar-refractivity contribution is 7.80. The lowest BCUT2D eigenvalue weighted by atomic mass is 10.1. The fraction of sp³-hybridized carbons (Fsp3) is 0. The molecule has 0 bridgehead atoms. The molecule has 6 heteroatoms. The second-order valence-corrected chi connectivity index (χ2v) is 5.84. The summed E-state index contributed by atoms with van der Waals surface area (Å²) in [5, 5.41) is 4.94. The Kier molecular flexibility index (Phi) is 3.46. The van der Waals surface area contributed by atoms with Crippen LogP contribution in [0.3, 0.4) is 0 Å². The average molecular weight is 337 g/mol. The first-order valence-corrected chi connectivity index (χ1v) is 7.74. The number of hydrogen-bond acceptors (Lipinski definition) is 3. The third kappa shape index (κ3) is 2.32. The van der Waals surface area contributed by atoms with Gasteiger partial charge in [0, 0.05) is 16.7 Å². The molecule has 0 fully saturated rings. The van der Waals surface area contributed by atoms with Gasteiger partial charge in [0.15, 0.2) is 0 Å². The van der Waals surface area contributed by atoms with Gasteiger partial charge in [-0.05, 0) is 30.3 Å². The molecule has 4 rings (SSSR count). The minimum absolute atomic E-state index is 0.264. The maximum absolute atomic E-state index is 14.2. The van der Waals surface area contributed by atoms with Crippen LogP contribution in [0.25, 0.3) is 27.8 Å². The van der Waals surface area contributed by atoms with E-state index >= 15 is 0 Å². The zero-order valence-corrected chi connectivity index (χ0v) is 13.3. The van der Waals surface area contributed by atoms with Crippen molar-refractivity contribution < 1.29 is 4.39 Å². The Hall–Kier alpha value is -2.86. The quantitative estimate of drug-likeness (QED) is 0.547. The van der Waals surface area contributed by atoms with Crippen molar-refractivity contribution in [3.05, 3.63) is 77.0 Å². The van der Waals surface area contributed by atoms with Crippen molar-refractivity contribution in [3.8, 4) is 16.9 Å². The van der Waals surface area contributed by atoms with Crippen LogP contribution in [0.15, 0.2) is 70.5 Å². The molecule has 2 aromatic heterocycles. The second-order valence-electron chi connectivity index (χ2n) is 5.33. The van der Waals surface area contributed by atoms with Crippen LogP contribution in [0, 0.1) is 5.82 Å². The highest BCUT2D eigenvalue weighted by Crippen LogP contribution is 2.28. The molecule has 0 aliphatic carbocycles. The second kappa shape index (κ2) is 5.65. The number of fused-ring (bicyclic) bond motifs is 1. The monoisotopic (exact) mass is 337 g/mol. The summed E-state index contributed by atoms with van der Waals surface area (Å²) in [5.74, 6) is -0.403. The molecule has 0 atom stereocenters. The van der Waals surface area contributed by atoms with E-state index < -0.39 is 5.82 Å². The van der Waals surface area contributed by atoms with Crippen molar-refractivity contribution in [2.75, 3.05) is 0 Å². The van der Waals surface area contributed by atoms with Crippen molar-refractivity contribution in [2.24, 2.45) is 0 Å². The van der Waals surface area contributed by atoms with Gasteiger partial charge in [-0.25, -0.2) is 9.07 Å². The molecular weight excluding hydrogens is 325 g/mol. The molecule has 0 spiro atoms. The Morgan fingerprint density at radius 3 is 2.54 bits per heavy atom. The maximum atomic E-state index is 14.2. The number of nitrogens with one attached hydrogen (secondary N) is 1. The molecule has 118 valence electrons. The average Bonchev–Trinajstić information content (AvgIpc) is 2.97. The molecule has 2 heterocycles. The standard InChI is InChI=1S/C18H12FN3OS/c19-13-3-1-2-4-14(13)22-15-9-10-20-18(23)16(15)17(21-22)11-5-7-12(24)8-6-11/h1-10,24H,(H,20,23). The number of benzene rings is 2. The minimum Gasteiger partial charge on any atom is -0.328 e. The van der Waals surface area contributed by atoms with E-state index in [1.807, 2.05) is 24.3 Å². The topological polar surface area (TPSA) is 50.7 Å². The normalized spacial score (nSPS) is 11.1. The third-order valence-electron chi connectivity index (χ3n) is 3.83. The predicted octanol–water partition coefficient (Wildman–Crippen LogP) is 3.81. The van der Waals surface area contributed by atoms with E-state index in [1.54, 1.807) is 24.3 Å². The van der Waals surface area contributed by atoms with Gasteiger partial charge in [-0.15, -0.1) is 12.6 Å². The van der Waals surface area contributed by atoms with Crippen molar-refractivity contribution in [3.63, 3.8) is 0 Å². The van der Waals surface area contributed by atoms with E-state index in [2.05, 4.69) is 22.7 Å². The van der Waals surface area contributed by atoms with E-state index in [1.165, 1.54) is 16.9 Å². The lowest BCUT2D eigenvalue weighted by molar-refractivity contribution is 0.613. The van der Waals surface area contributed by atoms with Crippen LogP contribution in [0.1, 0.15) is 0 Å². The molecule has 0 aliphatic rings. The summed E-state index contributed by atoms with van der Waals surface area (Å²) in [7, 11) is 0. The molecule has 1 N–H and O–H groups in total. The molecule has 0 radical (unpaired) electrons. The van der Waals surface area contributed by atoms with Gasteiger partial charge in [0.05, 0.1) is 10.9 Å². The predicted molar refractivity (Wildman–Crippen MR) is 94.3 cm³/mol. The summed E-state index contributed by atoms with van der Waals surface area (Å²) < 4.78 is 15.7. The Balaban J connectivity index is 2.07. The number of halogens is 1. The Morgan fingerprint density at radius 2 is 1.79 bits per heavy atom. The van der Waals surface area contributed by atoms with Crippen LogP contribution >= 0.6 is 12.6 Å². The molecule has 0 unspecified atom stereocenters. The summed E-state index contributed by atoms with van der Waals surface area (Å²) in [4.78, 5) is 15.8. The molecule has 0 saturated heterocycles. The van der Waals surface area contributed by atoms with Gasteiger partial charge in [0.2, 0.25) is 0 Å². The van der Waals surface area contributed by atoms with Gasteiger partial charge < -0.3 is 4.98 Å². The van der Waals surface area contributed by atoms with Gasteiger partial charge in [-0.1, -0.05) is 24.3 Å². The van der Waals surface area contributed by atoms with Gasteiger partial charge in [-0.2, -0.15) is 5.10 Å². The Labute approximate surface area is 142 Å². The zero-order chi connectivity index (χ0) is 16.7. The number of nitrogens with zero attached hydrogens (tertiary/aromatic N) is 2. The van der Waals surface area contributed by atoms with Crippen LogP contribution in [-0.2, 0) is 0 Å². The van der Waals surface area contributed by atoms with Gasteiger partial charge in [0.25, 0.3) is 5.56 Å². The number of thiol groups is 1. The molecule has 2 aromatic carbocycles. The number of para-hydroxylation sites is 1. The molecule has 4 aromatic rings. The largest absolute Gasteiger partial charge is 0.328 e. The van der Waals surface area contributed by atoms with E-state index in [0.717, 1.165) is 10.5 Å². The summed E-state index contributed by atoms with van der Waals surface area (Å²) in [6.45, 7) is 0. The summed E-state index contributed by atoms with van der Waals surface area (Å²) in [6.07, 6.45) is 1.53. The highest BCUT2D eigenvalue weighted by Gasteiger charge is 2.17. The number of rotatable bonds is 2. The SMILES string of the molecule is O=c1[nH]ccc2c1c(-c1ccc(S)cc1)nn2-c1ccccc1F. The first-order chi connectivity index (χ1) is 11.6. The van der Waals surface area contributed by atoms with Crippen molar-refractivity contribution >= 4 is 23.5 Å². The highest BCUT2D eigenvalue weighted by atomic mass is 32.1. The van der Waals surface area contributed by atoms with Crippen LogP contribution < -0.4 is 5.56 Å². The number of hydrogen-bond donors (Lipinski definition) is 2. The van der Waals surface area contributed by atoms with Gasteiger partial charge >= 0.3 is 0 Å². The van der Waals surface area contributed by atoms with Crippen molar-refractivity contribution in [1.82, 2.24) is 14.8 Å². The third-order valence-corrected chi connectivity index (χ3v) is 4.12. The fourth-order valence-electron chi connectivity index (χ4n) is 2.71. The van der Waals surface area contributed by atoms with Crippen LogP contribution in [-0.4, -0.2) is 14.8 Å². The lowest BCUT2D eigenvalue weighted by Gasteiger charge is -2.04. The summed E-state index contributed by atoms with van der Waals surface area (Å²) >= 11 is 4.27. The number of pyridine rings is 1. The maximum Gasteiger partial charge on any atom is 0.259 e. The van der Waals surface area contributed by atoms with Crippen molar-refractivity contribution in [2.45, 2.75) is 4.90 Å². The molecule has 0 amide bonds. The van der Waals surface area contributed by atoms with Gasteiger partial charge in [0.1, 0.15) is 17.2 Å².